The van der Waals surface area contributed by atoms with E-state index in [9.17, 15) is 4.79 Å². The van der Waals surface area contributed by atoms with E-state index in [0.29, 0.717) is 0 Å². The molecule has 0 radical (unpaired) electrons. The van der Waals surface area contributed by atoms with Crippen LogP contribution in [-0.2, 0) is 4.79 Å². The Bertz CT molecular complexity index is 645. The number of likely N-dealkylation sites (tertiary alicyclic amines) is 1. The molecule has 21 heavy (non-hydrogen) atoms. The quantitative estimate of drug-likeness (QED) is 0.879. The van der Waals surface area contributed by atoms with Gasteiger partial charge in [0.1, 0.15) is 5.82 Å². The van der Waals surface area contributed by atoms with Gasteiger partial charge in [0.25, 0.3) is 0 Å². The van der Waals surface area contributed by atoms with Crippen LogP contribution in [0.2, 0.25) is 0 Å². The zero-order valence-corrected chi connectivity index (χ0v) is 12.1. The van der Waals surface area contributed by atoms with Crippen LogP contribution in [-0.4, -0.2) is 27.3 Å². The molecule has 1 atom stereocenters. The van der Waals surface area contributed by atoms with Crippen molar-refractivity contribution >= 4 is 12.0 Å². The number of benzene rings is 1. The SMILES string of the molecule is Cc1cnc(C2CCCN2C(=O)/C=C/c2ccccc2)[nH]1. The molecule has 1 saturated heterocycles. The highest BCUT2D eigenvalue weighted by molar-refractivity contribution is 5.92. The number of amides is 1. The minimum atomic E-state index is 0.0513. The molecule has 0 aliphatic carbocycles. The third-order valence-electron chi connectivity index (χ3n) is 3.79. The van der Waals surface area contributed by atoms with Crippen LogP contribution in [0, 0.1) is 6.92 Å². The lowest BCUT2D eigenvalue weighted by atomic mass is 10.2. The minimum absolute atomic E-state index is 0.0513. The van der Waals surface area contributed by atoms with Gasteiger partial charge in [-0.25, -0.2) is 4.98 Å². The average molecular weight is 281 g/mol. The number of aryl methyl sites for hydroxylation is 1. The molecule has 2 heterocycles. The Labute approximate surface area is 124 Å². The van der Waals surface area contributed by atoms with Gasteiger partial charge < -0.3 is 9.88 Å². The second kappa shape index (κ2) is 5.95. The number of carbonyl (C=O) groups is 1. The number of carbonyl (C=O) groups excluding carboxylic acids is 1. The summed E-state index contributed by atoms with van der Waals surface area (Å²) >= 11 is 0. The number of hydrogen-bond donors (Lipinski definition) is 1. The van der Waals surface area contributed by atoms with Crippen molar-refractivity contribution in [2.24, 2.45) is 0 Å². The average Bonchev–Trinajstić information content (AvgIpc) is 3.14. The fourth-order valence-electron chi connectivity index (χ4n) is 2.74. The highest BCUT2D eigenvalue weighted by Crippen LogP contribution is 2.30. The first-order valence-corrected chi connectivity index (χ1v) is 7.29. The van der Waals surface area contributed by atoms with E-state index < -0.39 is 0 Å². The molecule has 1 amide bonds. The molecule has 108 valence electrons. The fourth-order valence-corrected chi connectivity index (χ4v) is 2.74. The number of hydrogen-bond acceptors (Lipinski definition) is 2. The molecule has 0 bridgehead atoms. The van der Waals surface area contributed by atoms with Crippen molar-refractivity contribution in [1.82, 2.24) is 14.9 Å². The van der Waals surface area contributed by atoms with Gasteiger partial charge in [0.05, 0.1) is 6.04 Å². The molecule has 1 unspecified atom stereocenters. The molecule has 1 N–H and O–H groups in total. The second-order valence-corrected chi connectivity index (χ2v) is 5.39. The summed E-state index contributed by atoms with van der Waals surface area (Å²) in [6.07, 6.45) is 7.33. The van der Waals surface area contributed by atoms with Gasteiger partial charge in [-0.3, -0.25) is 4.79 Å². The van der Waals surface area contributed by atoms with Crippen LogP contribution in [0.3, 0.4) is 0 Å². The molecule has 4 nitrogen and oxygen atoms in total. The van der Waals surface area contributed by atoms with Crippen LogP contribution in [0.4, 0.5) is 0 Å². The van der Waals surface area contributed by atoms with Crippen molar-refractivity contribution in [2.75, 3.05) is 6.54 Å². The molecule has 1 aliphatic rings. The highest BCUT2D eigenvalue weighted by Gasteiger charge is 2.30. The normalized spacial score (nSPS) is 18.5. The van der Waals surface area contributed by atoms with E-state index in [1.165, 1.54) is 0 Å². The number of nitrogens with zero attached hydrogens (tertiary/aromatic N) is 2. The predicted octanol–water partition coefficient (Wildman–Crippen LogP) is 3.10. The van der Waals surface area contributed by atoms with Crippen LogP contribution in [0.1, 0.15) is 36.0 Å². The van der Waals surface area contributed by atoms with E-state index in [1.807, 2.05) is 54.4 Å². The first-order chi connectivity index (χ1) is 10.2. The van der Waals surface area contributed by atoms with Gasteiger partial charge in [0.15, 0.2) is 0 Å². The van der Waals surface area contributed by atoms with Crippen molar-refractivity contribution in [1.29, 1.82) is 0 Å². The Morgan fingerprint density at radius 1 is 1.38 bits per heavy atom. The van der Waals surface area contributed by atoms with Gasteiger partial charge in [-0.15, -0.1) is 0 Å². The van der Waals surface area contributed by atoms with Gasteiger partial charge in [0.2, 0.25) is 5.91 Å². The largest absolute Gasteiger partial charge is 0.344 e. The van der Waals surface area contributed by atoms with E-state index in [-0.39, 0.29) is 11.9 Å². The summed E-state index contributed by atoms with van der Waals surface area (Å²) in [6.45, 7) is 2.77. The van der Waals surface area contributed by atoms with Gasteiger partial charge in [-0.2, -0.15) is 0 Å². The Kier molecular flexibility index (Phi) is 3.86. The molecule has 1 fully saturated rings. The summed E-state index contributed by atoms with van der Waals surface area (Å²) in [5.41, 5.74) is 2.07. The third kappa shape index (κ3) is 3.05. The molecule has 2 aromatic rings. The Morgan fingerprint density at radius 3 is 2.90 bits per heavy atom. The fraction of sp³-hybridized carbons (Fsp3) is 0.294. The number of rotatable bonds is 3. The number of H-pyrrole nitrogens is 1. The number of nitrogens with one attached hydrogen (secondary N) is 1. The van der Waals surface area contributed by atoms with Crippen molar-refractivity contribution in [2.45, 2.75) is 25.8 Å². The summed E-state index contributed by atoms with van der Waals surface area (Å²) in [7, 11) is 0. The zero-order chi connectivity index (χ0) is 14.7. The second-order valence-electron chi connectivity index (χ2n) is 5.39. The molecular formula is C17H19N3O. The van der Waals surface area contributed by atoms with Crippen molar-refractivity contribution in [3.05, 3.63) is 59.7 Å². The number of aromatic amines is 1. The molecule has 4 heteroatoms. The van der Waals surface area contributed by atoms with Crippen LogP contribution in [0.25, 0.3) is 6.08 Å². The summed E-state index contributed by atoms with van der Waals surface area (Å²) in [5, 5.41) is 0. The lowest BCUT2D eigenvalue weighted by Gasteiger charge is -2.21. The first kappa shape index (κ1) is 13.6. The topological polar surface area (TPSA) is 49.0 Å². The Morgan fingerprint density at radius 2 is 2.19 bits per heavy atom. The van der Waals surface area contributed by atoms with Crippen LogP contribution in [0.5, 0.6) is 0 Å². The maximum Gasteiger partial charge on any atom is 0.247 e. The van der Waals surface area contributed by atoms with E-state index in [1.54, 1.807) is 6.08 Å². The number of aromatic nitrogens is 2. The summed E-state index contributed by atoms with van der Waals surface area (Å²) < 4.78 is 0. The van der Waals surface area contributed by atoms with Crippen LogP contribution in [0.15, 0.2) is 42.6 Å². The van der Waals surface area contributed by atoms with E-state index in [2.05, 4.69) is 9.97 Å². The van der Waals surface area contributed by atoms with Crippen molar-refractivity contribution in [3.63, 3.8) is 0 Å². The van der Waals surface area contributed by atoms with Crippen LogP contribution >= 0.6 is 0 Å². The Hall–Kier alpha value is -2.36. The minimum Gasteiger partial charge on any atom is -0.344 e. The van der Waals surface area contributed by atoms with Gasteiger partial charge >= 0.3 is 0 Å². The predicted molar refractivity (Wildman–Crippen MR) is 82.5 cm³/mol. The molecular weight excluding hydrogens is 262 g/mol. The maximum absolute atomic E-state index is 12.4. The molecule has 1 aliphatic heterocycles. The number of imidazole rings is 1. The summed E-state index contributed by atoms with van der Waals surface area (Å²) in [4.78, 5) is 21.9. The smallest absolute Gasteiger partial charge is 0.247 e. The van der Waals surface area contributed by atoms with Gasteiger partial charge in [-0.1, -0.05) is 30.3 Å². The zero-order valence-electron chi connectivity index (χ0n) is 12.1. The van der Waals surface area contributed by atoms with E-state index in [0.717, 1.165) is 36.5 Å². The third-order valence-corrected chi connectivity index (χ3v) is 3.79. The van der Waals surface area contributed by atoms with Crippen molar-refractivity contribution < 1.29 is 4.79 Å². The first-order valence-electron chi connectivity index (χ1n) is 7.29. The molecule has 1 aromatic carbocycles. The molecule has 1 aromatic heterocycles. The monoisotopic (exact) mass is 281 g/mol. The Balaban J connectivity index is 1.73. The lowest BCUT2D eigenvalue weighted by molar-refractivity contribution is -0.127. The van der Waals surface area contributed by atoms with E-state index in [4.69, 9.17) is 0 Å². The summed E-state index contributed by atoms with van der Waals surface area (Å²) in [6, 6.07) is 9.95. The standard InChI is InChI=1S/C17H19N3O/c1-13-12-18-17(19-13)15-8-5-11-20(15)16(21)10-9-14-6-3-2-4-7-14/h2-4,6-7,9-10,12,15H,5,8,11H2,1H3,(H,18,19)/b10-9+. The van der Waals surface area contributed by atoms with Crippen LogP contribution < -0.4 is 0 Å². The highest BCUT2D eigenvalue weighted by atomic mass is 16.2. The van der Waals surface area contributed by atoms with Crippen molar-refractivity contribution in [3.8, 4) is 0 Å². The summed E-state index contributed by atoms with van der Waals surface area (Å²) in [5.74, 6) is 0.946. The molecule has 3 rings (SSSR count). The van der Waals surface area contributed by atoms with Gasteiger partial charge in [0, 0.05) is 24.5 Å². The van der Waals surface area contributed by atoms with Gasteiger partial charge in [-0.05, 0) is 31.4 Å². The molecule has 0 spiro atoms. The molecule has 0 saturated carbocycles. The maximum atomic E-state index is 12.4. The lowest BCUT2D eigenvalue weighted by Crippen LogP contribution is -2.29. The van der Waals surface area contributed by atoms with E-state index >= 15 is 0 Å².